The molecule has 0 radical (unpaired) electrons. The summed E-state index contributed by atoms with van der Waals surface area (Å²) in [5, 5.41) is 4.15. The van der Waals surface area contributed by atoms with E-state index in [2.05, 4.69) is 5.32 Å². The van der Waals surface area contributed by atoms with Crippen molar-refractivity contribution in [3.05, 3.63) is 130 Å². The number of nitrogens with one attached hydrogen (secondary N) is 1. The van der Waals surface area contributed by atoms with Crippen LogP contribution in [0.25, 0.3) is 0 Å². The molecule has 1 saturated carbocycles. The van der Waals surface area contributed by atoms with Gasteiger partial charge in [-0.1, -0.05) is 96.7 Å². The normalized spacial score (nSPS) is 14.1. The topological polar surface area (TPSA) is 86.8 Å². The first kappa shape index (κ1) is 32.5. The smallest absolute Gasteiger partial charge is 0.264 e. The van der Waals surface area contributed by atoms with Crippen LogP contribution in [0, 0.1) is 0 Å². The first-order chi connectivity index (χ1) is 21.7. The van der Waals surface area contributed by atoms with E-state index in [0.29, 0.717) is 10.0 Å². The second-order valence-corrected chi connectivity index (χ2v) is 13.9. The molecule has 10 heteroatoms. The summed E-state index contributed by atoms with van der Waals surface area (Å²) in [6, 6.07) is 29.9. The molecule has 234 valence electrons. The molecule has 2 amide bonds. The molecule has 1 N–H and O–H groups in total. The largest absolute Gasteiger partial charge is 0.352 e. The molecule has 0 bridgehead atoms. The molecule has 0 spiro atoms. The lowest BCUT2D eigenvalue weighted by atomic mass is 10.0. The van der Waals surface area contributed by atoms with E-state index in [4.69, 9.17) is 23.2 Å². The first-order valence-corrected chi connectivity index (χ1v) is 17.1. The lowest BCUT2D eigenvalue weighted by molar-refractivity contribution is -0.140. The summed E-state index contributed by atoms with van der Waals surface area (Å²) in [5.41, 5.74) is 1.91. The molecule has 0 heterocycles. The van der Waals surface area contributed by atoms with Crippen LogP contribution in [0.4, 0.5) is 5.69 Å². The van der Waals surface area contributed by atoms with Gasteiger partial charge in [-0.25, -0.2) is 8.42 Å². The number of carbonyl (C=O) groups is 2. The zero-order valence-electron chi connectivity index (χ0n) is 24.7. The third kappa shape index (κ3) is 8.45. The van der Waals surface area contributed by atoms with E-state index >= 15 is 0 Å². The van der Waals surface area contributed by atoms with Gasteiger partial charge in [-0.2, -0.15) is 0 Å². The minimum absolute atomic E-state index is 0.0345. The second-order valence-electron chi connectivity index (χ2n) is 11.1. The highest BCUT2D eigenvalue weighted by Gasteiger charge is 2.35. The Bertz CT molecular complexity index is 1680. The zero-order valence-corrected chi connectivity index (χ0v) is 27.0. The minimum Gasteiger partial charge on any atom is -0.352 e. The zero-order chi connectivity index (χ0) is 31.8. The van der Waals surface area contributed by atoms with Crippen molar-refractivity contribution in [3.63, 3.8) is 0 Å². The molecule has 0 aliphatic heterocycles. The Morgan fingerprint density at radius 1 is 0.756 bits per heavy atom. The van der Waals surface area contributed by atoms with Crippen LogP contribution in [-0.4, -0.2) is 43.8 Å². The summed E-state index contributed by atoms with van der Waals surface area (Å²) in [7, 11) is -4.17. The van der Waals surface area contributed by atoms with Crippen LogP contribution in [0.2, 0.25) is 10.0 Å². The number of halogens is 2. The van der Waals surface area contributed by atoms with Gasteiger partial charge in [0.25, 0.3) is 10.0 Å². The number of carbonyl (C=O) groups excluding carboxylic acids is 2. The van der Waals surface area contributed by atoms with Gasteiger partial charge in [-0.3, -0.25) is 13.9 Å². The van der Waals surface area contributed by atoms with Crippen LogP contribution in [-0.2, 0) is 32.6 Å². The highest BCUT2D eigenvalue weighted by Crippen LogP contribution is 2.27. The third-order valence-electron chi connectivity index (χ3n) is 7.96. The van der Waals surface area contributed by atoms with E-state index in [0.717, 1.165) is 41.1 Å². The lowest BCUT2D eigenvalue weighted by Crippen LogP contribution is -2.54. The maximum absolute atomic E-state index is 14.5. The van der Waals surface area contributed by atoms with E-state index in [-0.39, 0.29) is 35.5 Å². The fraction of sp³-hybridized carbons (Fsp3) is 0.257. The quantitative estimate of drug-likeness (QED) is 0.179. The lowest BCUT2D eigenvalue weighted by Gasteiger charge is -2.34. The maximum Gasteiger partial charge on any atom is 0.264 e. The van der Waals surface area contributed by atoms with Crippen LogP contribution in [0.15, 0.2) is 114 Å². The molecule has 0 saturated heterocycles. The Hall–Kier alpha value is -3.85. The number of rotatable bonds is 12. The van der Waals surface area contributed by atoms with Crippen LogP contribution >= 0.6 is 23.2 Å². The van der Waals surface area contributed by atoms with Crippen molar-refractivity contribution < 1.29 is 18.0 Å². The standard InChI is InChI=1S/C35H35Cl2N3O4S/c36-28-17-15-27(16-18-28)24-39(33(23-26-9-3-1-4-10-26)35(42)38-30-11-7-8-12-30)34(41)25-40(31-21-19-29(37)20-22-31)45(43,44)32-13-5-2-6-14-32/h1-6,9-10,13-22,30,33H,7-8,11-12,23-25H2,(H,38,42). The summed E-state index contributed by atoms with van der Waals surface area (Å²) in [4.78, 5) is 30.1. The van der Waals surface area contributed by atoms with E-state index in [9.17, 15) is 18.0 Å². The fourth-order valence-electron chi connectivity index (χ4n) is 5.56. The number of hydrogen-bond acceptors (Lipinski definition) is 4. The summed E-state index contributed by atoms with van der Waals surface area (Å²) in [5.74, 6) is -0.793. The van der Waals surface area contributed by atoms with Gasteiger partial charge >= 0.3 is 0 Å². The molecule has 1 aliphatic carbocycles. The van der Waals surface area contributed by atoms with Crippen molar-refractivity contribution in [1.29, 1.82) is 0 Å². The van der Waals surface area contributed by atoms with E-state index in [1.54, 1.807) is 66.7 Å². The Morgan fingerprint density at radius 3 is 1.91 bits per heavy atom. The van der Waals surface area contributed by atoms with Gasteiger partial charge in [0.05, 0.1) is 10.6 Å². The summed E-state index contributed by atoms with van der Waals surface area (Å²) in [6.45, 7) is -0.458. The van der Waals surface area contributed by atoms with Crippen LogP contribution < -0.4 is 9.62 Å². The van der Waals surface area contributed by atoms with Gasteiger partial charge in [-0.05, 0) is 72.5 Å². The van der Waals surface area contributed by atoms with Crippen molar-refractivity contribution >= 4 is 50.7 Å². The Kier molecular flexibility index (Phi) is 10.8. The van der Waals surface area contributed by atoms with Crippen molar-refractivity contribution in [2.75, 3.05) is 10.8 Å². The summed E-state index contributed by atoms with van der Waals surface area (Å²) in [6.07, 6.45) is 4.10. The van der Waals surface area contributed by atoms with Gasteiger partial charge in [0.2, 0.25) is 11.8 Å². The molecule has 5 rings (SSSR count). The second kappa shape index (κ2) is 15.0. The Morgan fingerprint density at radius 2 is 1.31 bits per heavy atom. The highest BCUT2D eigenvalue weighted by atomic mass is 35.5. The number of amides is 2. The number of benzene rings is 4. The molecular formula is C35H35Cl2N3O4S. The number of nitrogens with zero attached hydrogens (tertiary/aromatic N) is 2. The SMILES string of the molecule is O=C(NC1CCCC1)C(Cc1ccccc1)N(Cc1ccc(Cl)cc1)C(=O)CN(c1ccc(Cl)cc1)S(=O)(=O)c1ccccc1. The van der Waals surface area contributed by atoms with Gasteiger partial charge in [-0.15, -0.1) is 0 Å². The number of anilines is 1. The van der Waals surface area contributed by atoms with Crippen LogP contribution in [0.3, 0.4) is 0 Å². The molecular weight excluding hydrogens is 629 g/mol. The van der Waals surface area contributed by atoms with Crippen molar-refractivity contribution in [2.45, 2.75) is 55.6 Å². The molecule has 1 fully saturated rings. The average molecular weight is 665 g/mol. The molecule has 1 aliphatic rings. The predicted molar refractivity (Wildman–Crippen MR) is 179 cm³/mol. The molecule has 45 heavy (non-hydrogen) atoms. The fourth-order valence-corrected chi connectivity index (χ4v) is 7.25. The van der Waals surface area contributed by atoms with Gasteiger partial charge in [0.1, 0.15) is 12.6 Å². The van der Waals surface area contributed by atoms with Crippen molar-refractivity contribution in [2.24, 2.45) is 0 Å². The molecule has 0 aromatic heterocycles. The van der Waals surface area contributed by atoms with Gasteiger partial charge in [0, 0.05) is 29.1 Å². The molecule has 1 unspecified atom stereocenters. The molecule has 7 nitrogen and oxygen atoms in total. The average Bonchev–Trinajstić information content (AvgIpc) is 3.57. The predicted octanol–water partition coefficient (Wildman–Crippen LogP) is 6.89. The van der Waals surface area contributed by atoms with E-state index in [1.807, 2.05) is 30.3 Å². The van der Waals surface area contributed by atoms with Crippen LogP contribution in [0.5, 0.6) is 0 Å². The summed E-state index contributed by atoms with van der Waals surface area (Å²) >= 11 is 12.3. The Labute approximate surface area is 274 Å². The molecule has 4 aromatic rings. The van der Waals surface area contributed by atoms with E-state index in [1.165, 1.54) is 17.0 Å². The number of sulfonamides is 1. The summed E-state index contributed by atoms with van der Waals surface area (Å²) < 4.78 is 29.1. The van der Waals surface area contributed by atoms with Crippen molar-refractivity contribution in [3.8, 4) is 0 Å². The molecule has 1 atom stereocenters. The monoisotopic (exact) mass is 663 g/mol. The molecule has 4 aromatic carbocycles. The maximum atomic E-state index is 14.5. The Balaban J connectivity index is 1.55. The van der Waals surface area contributed by atoms with Crippen molar-refractivity contribution in [1.82, 2.24) is 10.2 Å². The highest BCUT2D eigenvalue weighted by molar-refractivity contribution is 7.92. The minimum atomic E-state index is -4.17. The number of hydrogen-bond donors (Lipinski definition) is 1. The third-order valence-corrected chi connectivity index (χ3v) is 10.3. The van der Waals surface area contributed by atoms with Gasteiger partial charge in [0.15, 0.2) is 0 Å². The first-order valence-electron chi connectivity index (χ1n) is 14.9. The van der Waals surface area contributed by atoms with Gasteiger partial charge < -0.3 is 10.2 Å². The van der Waals surface area contributed by atoms with Crippen LogP contribution in [0.1, 0.15) is 36.8 Å². The van der Waals surface area contributed by atoms with E-state index < -0.39 is 28.5 Å².